The zero-order chi connectivity index (χ0) is 17.7. The summed E-state index contributed by atoms with van der Waals surface area (Å²) in [6, 6.07) is -0.697. The summed E-state index contributed by atoms with van der Waals surface area (Å²) in [6.45, 7) is 3.59. The van der Waals surface area contributed by atoms with Crippen molar-refractivity contribution in [3.05, 3.63) is 23.8 Å². The maximum absolute atomic E-state index is 11.5. The quantitative estimate of drug-likeness (QED) is 0.548. The number of nitrogens with one attached hydrogen (secondary N) is 2. The molecule has 6 nitrogen and oxygen atoms in total. The summed E-state index contributed by atoms with van der Waals surface area (Å²) >= 11 is 0. The highest BCUT2D eigenvalue weighted by Crippen LogP contribution is 2.26. The number of aliphatic carboxylic acids is 1. The molecule has 2 rings (SSSR count). The lowest BCUT2D eigenvalue weighted by Gasteiger charge is -2.39. The molecule has 0 saturated carbocycles. The third-order valence-electron chi connectivity index (χ3n) is 5.05. The Balaban J connectivity index is 2.19. The molecule has 0 aliphatic heterocycles. The molecule has 5 atom stereocenters. The van der Waals surface area contributed by atoms with Crippen molar-refractivity contribution in [1.29, 1.82) is 0 Å². The van der Waals surface area contributed by atoms with Crippen molar-refractivity contribution >= 4 is 11.9 Å². The molecule has 0 saturated heterocycles. The molecule has 0 aromatic rings. The summed E-state index contributed by atoms with van der Waals surface area (Å²) in [5, 5.41) is 15.8. The van der Waals surface area contributed by atoms with Crippen molar-refractivity contribution in [2.45, 2.75) is 70.1 Å². The normalized spacial score (nSPS) is 31.2. The summed E-state index contributed by atoms with van der Waals surface area (Å²) in [4.78, 5) is 22.9. The second kappa shape index (κ2) is 8.44. The van der Waals surface area contributed by atoms with Gasteiger partial charge in [0.25, 0.3) is 0 Å². The molecule has 5 N–H and O–H groups in total. The van der Waals surface area contributed by atoms with E-state index in [9.17, 15) is 14.7 Å². The lowest BCUT2D eigenvalue weighted by atomic mass is 9.83. The number of carbonyl (C=O) groups is 2. The third-order valence-corrected chi connectivity index (χ3v) is 5.05. The minimum absolute atomic E-state index is 0.150. The van der Waals surface area contributed by atoms with Crippen molar-refractivity contribution in [1.82, 2.24) is 10.6 Å². The van der Waals surface area contributed by atoms with Gasteiger partial charge in [-0.1, -0.05) is 25.2 Å². The van der Waals surface area contributed by atoms with Gasteiger partial charge in [0, 0.05) is 30.6 Å². The Bertz CT molecular complexity index is 530. The van der Waals surface area contributed by atoms with E-state index in [4.69, 9.17) is 5.73 Å². The molecule has 0 aromatic carbocycles. The molecule has 6 heteroatoms. The number of hydrogen-bond acceptors (Lipinski definition) is 4. The number of rotatable bonds is 6. The van der Waals surface area contributed by atoms with Gasteiger partial charge in [-0.25, -0.2) is 4.79 Å². The smallest absolute Gasteiger partial charge is 0.331 e. The molecule has 24 heavy (non-hydrogen) atoms. The van der Waals surface area contributed by atoms with E-state index in [0.29, 0.717) is 11.5 Å². The standard InChI is InChI=1S/C18H29N3O3/c1-3-15(12-7-5-4-6-8-12)21-16-10-13(18(23)24)9-14(19)17(16)20-11(2)22/h4-5,10,12,14-17,21H,3,6-9,19H2,1-2H3,(H,20,22)(H,23,24)/t12?,14-,15?,16+,17+/m0/s1. The molecule has 0 heterocycles. The van der Waals surface area contributed by atoms with E-state index in [0.717, 1.165) is 25.7 Å². The van der Waals surface area contributed by atoms with Crippen LogP contribution in [0.25, 0.3) is 0 Å². The number of hydrogen-bond donors (Lipinski definition) is 4. The Hall–Kier alpha value is -1.66. The summed E-state index contributed by atoms with van der Waals surface area (Å²) in [7, 11) is 0. The monoisotopic (exact) mass is 335 g/mol. The Morgan fingerprint density at radius 3 is 2.71 bits per heavy atom. The minimum atomic E-state index is -0.938. The summed E-state index contributed by atoms with van der Waals surface area (Å²) < 4.78 is 0. The first-order chi connectivity index (χ1) is 11.4. The number of allylic oxidation sites excluding steroid dienone is 2. The molecular formula is C18H29N3O3. The van der Waals surface area contributed by atoms with Gasteiger partial charge in [-0.3, -0.25) is 4.79 Å². The average molecular weight is 335 g/mol. The zero-order valence-corrected chi connectivity index (χ0v) is 14.5. The van der Waals surface area contributed by atoms with Crippen LogP contribution in [0, 0.1) is 5.92 Å². The SMILES string of the molecule is CCC(N[C@@H]1C=C(C(=O)O)C[C@H](N)[C@H]1NC(C)=O)C1CC=CCC1. The molecule has 134 valence electrons. The molecule has 0 bridgehead atoms. The third kappa shape index (κ3) is 4.68. The van der Waals surface area contributed by atoms with Gasteiger partial charge in [-0.05, 0) is 38.0 Å². The molecule has 0 radical (unpaired) electrons. The Labute approximate surface area is 143 Å². The average Bonchev–Trinajstić information content (AvgIpc) is 2.55. The van der Waals surface area contributed by atoms with Crippen molar-refractivity contribution in [2.24, 2.45) is 11.7 Å². The topological polar surface area (TPSA) is 104 Å². The van der Waals surface area contributed by atoms with E-state index in [1.54, 1.807) is 6.08 Å². The van der Waals surface area contributed by atoms with Crippen LogP contribution in [0.2, 0.25) is 0 Å². The highest BCUT2D eigenvalue weighted by molar-refractivity contribution is 5.87. The molecule has 2 aliphatic carbocycles. The van der Waals surface area contributed by atoms with Gasteiger partial charge in [0.15, 0.2) is 0 Å². The van der Waals surface area contributed by atoms with Gasteiger partial charge in [0.05, 0.1) is 6.04 Å². The summed E-state index contributed by atoms with van der Waals surface area (Å²) in [6.07, 6.45) is 10.6. The zero-order valence-electron chi connectivity index (χ0n) is 14.5. The fraction of sp³-hybridized carbons (Fsp3) is 0.667. The van der Waals surface area contributed by atoms with E-state index in [2.05, 4.69) is 29.7 Å². The van der Waals surface area contributed by atoms with Crippen LogP contribution >= 0.6 is 0 Å². The largest absolute Gasteiger partial charge is 0.478 e. The lowest BCUT2D eigenvalue weighted by Crippen LogP contribution is -2.61. The van der Waals surface area contributed by atoms with Crippen LogP contribution in [-0.2, 0) is 9.59 Å². The van der Waals surface area contributed by atoms with Crippen molar-refractivity contribution in [3.8, 4) is 0 Å². The van der Waals surface area contributed by atoms with Gasteiger partial charge in [-0.15, -0.1) is 0 Å². The maximum atomic E-state index is 11.5. The Kier molecular flexibility index (Phi) is 6.57. The predicted octanol–water partition coefficient (Wildman–Crippen LogP) is 1.33. The number of carboxylic acids is 1. The first-order valence-electron chi connectivity index (χ1n) is 8.80. The summed E-state index contributed by atoms with van der Waals surface area (Å²) in [5.74, 6) is -0.562. The molecule has 0 aromatic heterocycles. The minimum Gasteiger partial charge on any atom is -0.478 e. The van der Waals surface area contributed by atoms with Crippen LogP contribution in [0.1, 0.15) is 46.0 Å². The van der Waals surface area contributed by atoms with Crippen LogP contribution in [0.3, 0.4) is 0 Å². The Morgan fingerprint density at radius 1 is 1.42 bits per heavy atom. The number of carbonyl (C=O) groups excluding carboxylic acids is 1. The van der Waals surface area contributed by atoms with Gasteiger partial charge in [0.1, 0.15) is 0 Å². The predicted molar refractivity (Wildman–Crippen MR) is 93.4 cm³/mol. The number of nitrogens with two attached hydrogens (primary N) is 1. The van der Waals surface area contributed by atoms with E-state index in [1.807, 2.05) is 0 Å². The van der Waals surface area contributed by atoms with Gasteiger partial charge in [0.2, 0.25) is 5.91 Å². The van der Waals surface area contributed by atoms with Gasteiger partial charge < -0.3 is 21.5 Å². The van der Waals surface area contributed by atoms with Crippen LogP contribution in [-0.4, -0.2) is 41.2 Å². The van der Waals surface area contributed by atoms with E-state index in [1.165, 1.54) is 6.92 Å². The highest BCUT2D eigenvalue weighted by Gasteiger charge is 2.35. The van der Waals surface area contributed by atoms with E-state index >= 15 is 0 Å². The molecule has 2 unspecified atom stereocenters. The lowest BCUT2D eigenvalue weighted by molar-refractivity contribution is -0.133. The van der Waals surface area contributed by atoms with E-state index < -0.39 is 12.0 Å². The number of carboxylic acid groups (broad SMARTS) is 1. The fourth-order valence-electron chi connectivity index (χ4n) is 3.79. The van der Waals surface area contributed by atoms with Crippen LogP contribution in [0.4, 0.5) is 0 Å². The van der Waals surface area contributed by atoms with Crippen LogP contribution < -0.4 is 16.4 Å². The maximum Gasteiger partial charge on any atom is 0.331 e. The van der Waals surface area contributed by atoms with Crippen molar-refractivity contribution in [2.75, 3.05) is 0 Å². The molecular weight excluding hydrogens is 306 g/mol. The second-order valence-electron chi connectivity index (χ2n) is 6.84. The Morgan fingerprint density at radius 2 is 2.17 bits per heavy atom. The molecule has 2 aliphatic rings. The van der Waals surface area contributed by atoms with Gasteiger partial charge in [-0.2, -0.15) is 0 Å². The molecule has 0 spiro atoms. The second-order valence-corrected chi connectivity index (χ2v) is 6.84. The number of amides is 1. The highest BCUT2D eigenvalue weighted by atomic mass is 16.4. The van der Waals surface area contributed by atoms with Crippen molar-refractivity contribution < 1.29 is 14.7 Å². The first kappa shape index (κ1) is 18.7. The van der Waals surface area contributed by atoms with Crippen LogP contribution in [0.5, 0.6) is 0 Å². The van der Waals surface area contributed by atoms with Crippen LogP contribution in [0.15, 0.2) is 23.8 Å². The first-order valence-corrected chi connectivity index (χ1v) is 8.80. The fourth-order valence-corrected chi connectivity index (χ4v) is 3.79. The molecule has 1 amide bonds. The van der Waals surface area contributed by atoms with Gasteiger partial charge >= 0.3 is 5.97 Å². The molecule has 0 fully saturated rings. The van der Waals surface area contributed by atoms with E-state index in [-0.39, 0.29) is 30.5 Å². The summed E-state index contributed by atoms with van der Waals surface area (Å²) in [5.41, 5.74) is 6.49. The van der Waals surface area contributed by atoms with Crippen molar-refractivity contribution in [3.63, 3.8) is 0 Å².